The van der Waals surface area contributed by atoms with Gasteiger partial charge < -0.3 is 10.2 Å². The third-order valence-electron chi connectivity index (χ3n) is 0.597. The summed E-state index contributed by atoms with van der Waals surface area (Å²) in [5.41, 5.74) is 4.95. The van der Waals surface area contributed by atoms with Gasteiger partial charge in [-0.15, -0.1) is 5.10 Å². The van der Waals surface area contributed by atoms with Crippen molar-refractivity contribution in [3.63, 3.8) is 0 Å². The van der Waals surface area contributed by atoms with Gasteiger partial charge >= 0.3 is 6.01 Å². The van der Waals surface area contributed by atoms with Gasteiger partial charge in [-0.3, -0.25) is 0 Å². The number of halogens is 1. The molecule has 0 aliphatic rings. The Bertz CT molecular complexity index is 175. The number of anilines is 1. The van der Waals surface area contributed by atoms with Crippen molar-refractivity contribution in [1.82, 2.24) is 10.2 Å². The van der Waals surface area contributed by atoms with Gasteiger partial charge in [-0.2, -0.15) is 0 Å². The summed E-state index contributed by atoms with van der Waals surface area (Å²) in [5, 5.41) is 6.43. The number of rotatable bonds is 1. The Morgan fingerprint density at radius 2 is 2.38 bits per heavy atom. The van der Waals surface area contributed by atoms with Crippen LogP contribution in [0, 0.1) is 0 Å². The van der Waals surface area contributed by atoms with Crippen molar-refractivity contribution in [1.29, 1.82) is 0 Å². The number of nitrogens with two attached hydrogens (primary N) is 1. The Kier molecular flexibility index (Phi) is 1.11. The summed E-state index contributed by atoms with van der Waals surface area (Å²) in [7, 11) is 0. The van der Waals surface area contributed by atoms with E-state index in [1.165, 1.54) is 0 Å². The van der Waals surface area contributed by atoms with E-state index < -0.39 is 6.67 Å². The minimum atomic E-state index is -0.760. The zero-order valence-electron chi connectivity index (χ0n) is 3.97. The van der Waals surface area contributed by atoms with E-state index in [9.17, 15) is 4.39 Å². The normalized spacial score (nSPS) is 9.62. The first-order chi connectivity index (χ1) is 3.83. The number of aromatic nitrogens is 2. The monoisotopic (exact) mass is 117 g/mol. The van der Waals surface area contributed by atoms with Crippen molar-refractivity contribution in [2.75, 3.05) is 5.73 Å². The van der Waals surface area contributed by atoms with E-state index in [0.29, 0.717) is 0 Å². The molecule has 0 amide bonds. The lowest BCUT2D eigenvalue weighted by atomic mass is 10.8. The Hall–Kier alpha value is -1.13. The number of alkyl halides is 1. The molecule has 2 N–H and O–H groups in total. The van der Waals surface area contributed by atoms with Crippen LogP contribution in [0.5, 0.6) is 0 Å². The van der Waals surface area contributed by atoms with Crippen molar-refractivity contribution in [2.24, 2.45) is 0 Å². The van der Waals surface area contributed by atoms with E-state index >= 15 is 0 Å². The highest BCUT2D eigenvalue weighted by atomic mass is 19.1. The Balaban J connectivity index is 2.84. The molecule has 1 aromatic heterocycles. The van der Waals surface area contributed by atoms with Gasteiger partial charge in [0.15, 0.2) is 6.67 Å². The summed E-state index contributed by atoms with van der Waals surface area (Å²) >= 11 is 0. The van der Waals surface area contributed by atoms with Crippen molar-refractivity contribution in [3.8, 4) is 0 Å². The Morgan fingerprint density at radius 3 is 2.62 bits per heavy atom. The molecule has 0 unspecified atom stereocenters. The molecular weight excluding hydrogens is 113 g/mol. The molecule has 0 saturated heterocycles. The second-order valence-electron chi connectivity index (χ2n) is 1.17. The summed E-state index contributed by atoms with van der Waals surface area (Å²) in [5.74, 6) is -0.0810. The van der Waals surface area contributed by atoms with Crippen molar-refractivity contribution in [3.05, 3.63) is 5.89 Å². The largest absolute Gasteiger partial charge is 0.405 e. The third kappa shape index (κ3) is 0.749. The summed E-state index contributed by atoms with van der Waals surface area (Å²) in [6, 6.07) is -0.0994. The van der Waals surface area contributed by atoms with E-state index in [0.717, 1.165) is 0 Å². The Morgan fingerprint density at radius 1 is 1.62 bits per heavy atom. The van der Waals surface area contributed by atoms with Gasteiger partial charge in [0.05, 0.1) is 0 Å². The fourth-order valence-corrected chi connectivity index (χ4v) is 0.321. The van der Waals surface area contributed by atoms with E-state index in [4.69, 9.17) is 5.73 Å². The molecule has 0 radical (unpaired) electrons. The number of hydrogen-bond acceptors (Lipinski definition) is 4. The van der Waals surface area contributed by atoms with Crippen LogP contribution in [0.25, 0.3) is 0 Å². The van der Waals surface area contributed by atoms with Crippen LogP contribution >= 0.6 is 0 Å². The molecule has 44 valence electrons. The van der Waals surface area contributed by atoms with E-state index in [1.807, 2.05) is 0 Å². The minimum absolute atomic E-state index is 0.0810. The van der Waals surface area contributed by atoms with Gasteiger partial charge in [-0.1, -0.05) is 5.10 Å². The number of nitrogens with zero attached hydrogens (tertiary/aromatic N) is 2. The maximum Gasteiger partial charge on any atom is 0.312 e. The van der Waals surface area contributed by atoms with Gasteiger partial charge in [0, 0.05) is 0 Å². The van der Waals surface area contributed by atoms with Gasteiger partial charge in [-0.25, -0.2) is 4.39 Å². The lowest BCUT2D eigenvalue weighted by Crippen LogP contribution is -1.81. The van der Waals surface area contributed by atoms with Crippen LogP contribution in [0.4, 0.5) is 10.4 Å². The lowest BCUT2D eigenvalue weighted by Gasteiger charge is -1.75. The zero-order valence-corrected chi connectivity index (χ0v) is 3.97. The van der Waals surface area contributed by atoms with Gasteiger partial charge in [0.1, 0.15) is 0 Å². The van der Waals surface area contributed by atoms with Crippen LogP contribution in [0.3, 0.4) is 0 Å². The standard InChI is InChI=1S/C3H4FN3O/c4-1-2-6-7-3(5)8-2/h1H2,(H2,5,7). The SMILES string of the molecule is Nc1nnc(CF)o1. The first-order valence-electron chi connectivity index (χ1n) is 1.96. The molecular formula is C3H4FN3O. The number of nitrogen functional groups attached to an aromatic ring is 1. The highest BCUT2D eigenvalue weighted by Gasteiger charge is 1.98. The zero-order chi connectivity index (χ0) is 5.98. The molecule has 1 heterocycles. The second-order valence-corrected chi connectivity index (χ2v) is 1.17. The van der Waals surface area contributed by atoms with Crippen molar-refractivity contribution < 1.29 is 8.81 Å². The fraction of sp³-hybridized carbons (Fsp3) is 0.333. The van der Waals surface area contributed by atoms with Gasteiger partial charge in [-0.05, 0) is 0 Å². The molecule has 1 rings (SSSR count). The lowest BCUT2D eigenvalue weighted by molar-refractivity contribution is 0.386. The predicted octanol–water partition coefficient (Wildman–Crippen LogP) is 0.121. The van der Waals surface area contributed by atoms with Crippen molar-refractivity contribution >= 4 is 6.01 Å². The second kappa shape index (κ2) is 1.77. The summed E-state index contributed by atoms with van der Waals surface area (Å²) < 4.78 is 15.9. The summed E-state index contributed by atoms with van der Waals surface area (Å²) in [4.78, 5) is 0. The van der Waals surface area contributed by atoms with E-state index in [1.54, 1.807) is 0 Å². The molecule has 8 heavy (non-hydrogen) atoms. The first-order valence-corrected chi connectivity index (χ1v) is 1.96. The molecule has 0 aromatic carbocycles. The van der Waals surface area contributed by atoms with Crippen LogP contribution in [0.15, 0.2) is 4.42 Å². The highest BCUT2D eigenvalue weighted by Crippen LogP contribution is 2.00. The molecule has 0 aliphatic carbocycles. The fourth-order valence-electron chi connectivity index (χ4n) is 0.321. The molecule has 0 spiro atoms. The molecule has 0 saturated carbocycles. The van der Waals surface area contributed by atoms with Gasteiger partial charge in [0.25, 0.3) is 0 Å². The molecule has 4 nitrogen and oxygen atoms in total. The summed E-state index contributed by atoms with van der Waals surface area (Å²) in [6.07, 6.45) is 0. The van der Waals surface area contributed by atoms with Crippen LogP contribution in [0.1, 0.15) is 5.89 Å². The maximum absolute atomic E-state index is 11.5. The summed E-state index contributed by atoms with van der Waals surface area (Å²) in [6.45, 7) is -0.760. The first kappa shape index (κ1) is 5.02. The molecule has 0 bridgehead atoms. The van der Waals surface area contributed by atoms with E-state index in [2.05, 4.69) is 14.6 Å². The van der Waals surface area contributed by atoms with E-state index in [-0.39, 0.29) is 11.9 Å². The quantitative estimate of drug-likeness (QED) is 0.567. The topological polar surface area (TPSA) is 64.9 Å². The molecule has 0 aliphatic heterocycles. The Labute approximate surface area is 44.5 Å². The minimum Gasteiger partial charge on any atom is -0.405 e. The average Bonchev–Trinajstić information content (AvgIpc) is 2.14. The molecule has 0 atom stereocenters. The molecule has 0 fully saturated rings. The highest BCUT2D eigenvalue weighted by molar-refractivity contribution is 5.04. The van der Waals surface area contributed by atoms with Crippen LogP contribution in [-0.4, -0.2) is 10.2 Å². The molecule has 1 aromatic rings. The van der Waals surface area contributed by atoms with Crippen LogP contribution in [0.2, 0.25) is 0 Å². The van der Waals surface area contributed by atoms with Crippen molar-refractivity contribution in [2.45, 2.75) is 6.67 Å². The average molecular weight is 117 g/mol. The third-order valence-corrected chi connectivity index (χ3v) is 0.597. The maximum atomic E-state index is 11.5. The smallest absolute Gasteiger partial charge is 0.312 e. The molecule has 5 heteroatoms. The number of hydrogen-bond donors (Lipinski definition) is 1. The predicted molar refractivity (Wildman–Crippen MR) is 23.5 cm³/mol. The van der Waals surface area contributed by atoms with Gasteiger partial charge in [0.2, 0.25) is 5.89 Å². The van der Waals surface area contributed by atoms with Crippen LogP contribution in [-0.2, 0) is 6.67 Å². The van der Waals surface area contributed by atoms with Crippen LogP contribution < -0.4 is 5.73 Å².